The molecule has 138 valence electrons. The Labute approximate surface area is 160 Å². The minimum atomic E-state index is -1.19. The lowest BCUT2D eigenvalue weighted by molar-refractivity contribution is -0.150. The number of carbonyl (C=O) groups is 3. The van der Waals surface area contributed by atoms with E-state index < -0.39 is 29.2 Å². The lowest BCUT2D eigenvalue weighted by Gasteiger charge is -2.48. The average molecular weight is 418 g/mol. The second-order valence-electron chi connectivity index (χ2n) is 5.07. The molecule has 2 aliphatic heterocycles. The minimum Gasteiger partial charge on any atom is -0.477 e. The summed E-state index contributed by atoms with van der Waals surface area (Å²) in [5.74, 6) is -2.04. The Morgan fingerprint density at radius 3 is 2.88 bits per heavy atom. The molecule has 1 aromatic rings. The summed E-state index contributed by atoms with van der Waals surface area (Å²) < 4.78 is 0.151. The number of amides is 2. The molecule has 0 radical (unpaired) electrons. The molecule has 0 aliphatic carbocycles. The molecular weight excluding hydrogens is 406 g/mol. The third-order valence-corrected chi connectivity index (χ3v) is 5.84. The number of hydrogen-bond acceptors (Lipinski definition) is 9. The molecule has 0 unspecified atom stereocenters. The summed E-state index contributed by atoms with van der Waals surface area (Å²) in [7, 11) is 1.24. The highest BCUT2D eigenvalue weighted by Gasteiger charge is 2.53. The maximum atomic E-state index is 12.6. The topological polar surface area (TPSA) is 147 Å². The number of nitrogens with zero attached hydrogens (tertiary/aromatic N) is 3. The van der Waals surface area contributed by atoms with Crippen molar-refractivity contribution in [3.63, 3.8) is 0 Å². The van der Waals surface area contributed by atoms with E-state index in [0.717, 1.165) is 16.2 Å². The van der Waals surface area contributed by atoms with Crippen LogP contribution in [0.5, 0.6) is 0 Å². The van der Waals surface area contributed by atoms with Crippen LogP contribution in [0.25, 0.3) is 0 Å². The molecule has 3 heterocycles. The van der Waals surface area contributed by atoms with Crippen LogP contribution in [0, 0.1) is 0 Å². The number of anilines is 1. The van der Waals surface area contributed by atoms with Crippen LogP contribution < -0.4 is 11.1 Å². The normalized spacial score (nSPS) is 22.2. The van der Waals surface area contributed by atoms with Gasteiger partial charge < -0.3 is 21.0 Å². The standard InChI is InChI=1S/C13H12ClN5O5S2/c1-24-18-6(5-8(14)26-13(15)17-5)9(20)16-7-10(21)19-4(12(22)23)2-3-25-11(7)19/h2,7,11H,3H2,1H3,(H2,15,17)(H,16,20)(H,22,23)/b18-6-/t7-,11-/m1/s1. The molecule has 4 N–H and O–H groups in total. The van der Waals surface area contributed by atoms with Crippen molar-refractivity contribution in [3.05, 3.63) is 21.8 Å². The van der Waals surface area contributed by atoms with Crippen molar-refractivity contribution in [2.45, 2.75) is 11.4 Å². The minimum absolute atomic E-state index is 0.0413. The molecule has 2 aliphatic rings. The number of hydrogen-bond donors (Lipinski definition) is 3. The van der Waals surface area contributed by atoms with Crippen LogP contribution in [-0.2, 0) is 19.2 Å². The third-order valence-electron chi connectivity index (χ3n) is 3.58. The number of nitrogens with one attached hydrogen (secondary N) is 1. The van der Waals surface area contributed by atoms with E-state index >= 15 is 0 Å². The van der Waals surface area contributed by atoms with E-state index in [1.54, 1.807) is 0 Å². The van der Waals surface area contributed by atoms with Crippen LogP contribution in [0.15, 0.2) is 16.9 Å². The summed E-state index contributed by atoms with van der Waals surface area (Å²) in [6.45, 7) is 0. The molecule has 2 atom stereocenters. The molecule has 26 heavy (non-hydrogen) atoms. The van der Waals surface area contributed by atoms with Crippen LogP contribution in [0.2, 0.25) is 4.34 Å². The van der Waals surface area contributed by atoms with Crippen molar-refractivity contribution in [3.8, 4) is 0 Å². The number of thioether (sulfide) groups is 1. The predicted octanol–water partition coefficient (Wildman–Crippen LogP) is 0.0976. The van der Waals surface area contributed by atoms with Crippen molar-refractivity contribution in [1.82, 2.24) is 15.2 Å². The molecule has 0 aromatic carbocycles. The van der Waals surface area contributed by atoms with Gasteiger partial charge in [-0.15, -0.1) is 11.8 Å². The summed E-state index contributed by atoms with van der Waals surface area (Å²) >= 11 is 8.31. The van der Waals surface area contributed by atoms with Crippen LogP contribution in [0.3, 0.4) is 0 Å². The van der Waals surface area contributed by atoms with E-state index in [1.165, 1.54) is 24.9 Å². The Morgan fingerprint density at radius 1 is 1.58 bits per heavy atom. The monoisotopic (exact) mass is 417 g/mol. The fourth-order valence-corrected chi connectivity index (χ4v) is 4.62. The van der Waals surface area contributed by atoms with Gasteiger partial charge in [-0.25, -0.2) is 9.78 Å². The van der Waals surface area contributed by atoms with Gasteiger partial charge in [-0.2, -0.15) is 0 Å². The van der Waals surface area contributed by atoms with E-state index in [0.29, 0.717) is 5.75 Å². The zero-order valence-corrected chi connectivity index (χ0v) is 15.5. The number of thiazole rings is 1. The van der Waals surface area contributed by atoms with Gasteiger partial charge in [-0.1, -0.05) is 28.1 Å². The van der Waals surface area contributed by atoms with Gasteiger partial charge in [0.15, 0.2) is 10.8 Å². The van der Waals surface area contributed by atoms with E-state index in [2.05, 4.69) is 20.3 Å². The van der Waals surface area contributed by atoms with Crippen LogP contribution in [0.4, 0.5) is 5.13 Å². The highest BCUT2D eigenvalue weighted by molar-refractivity contribution is 8.00. The lowest BCUT2D eigenvalue weighted by atomic mass is 10.0. The Hall–Kier alpha value is -2.31. The van der Waals surface area contributed by atoms with Gasteiger partial charge in [0.1, 0.15) is 34.3 Å². The van der Waals surface area contributed by atoms with Crippen molar-refractivity contribution >= 4 is 63.3 Å². The van der Waals surface area contributed by atoms with E-state index in [-0.39, 0.29) is 26.6 Å². The van der Waals surface area contributed by atoms with Crippen LogP contribution in [-0.4, -0.2) is 62.8 Å². The second-order valence-corrected chi connectivity index (χ2v) is 7.86. The molecule has 3 rings (SSSR count). The molecule has 1 aromatic heterocycles. The quantitative estimate of drug-likeness (QED) is 0.347. The Kier molecular flexibility index (Phi) is 5.07. The second kappa shape index (κ2) is 7.13. The summed E-state index contributed by atoms with van der Waals surface area (Å²) in [6, 6.07) is -0.896. The van der Waals surface area contributed by atoms with Crippen molar-refractivity contribution in [2.24, 2.45) is 5.16 Å². The largest absolute Gasteiger partial charge is 0.477 e. The van der Waals surface area contributed by atoms with Crippen molar-refractivity contribution < 1.29 is 24.3 Å². The average Bonchev–Trinajstić information content (AvgIpc) is 2.94. The van der Waals surface area contributed by atoms with Gasteiger partial charge in [-0.05, 0) is 6.08 Å². The molecule has 13 heteroatoms. The number of β-lactam (4-membered cyclic amide) rings is 1. The number of oxime groups is 1. The summed E-state index contributed by atoms with van der Waals surface area (Å²) in [5, 5.41) is 14.9. The number of aliphatic carboxylic acids is 1. The number of aromatic nitrogens is 1. The van der Waals surface area contributed by atoms with Gasteiger partial charge in [0.25, 0.3) is 11.8 Å². The number of rotatable bonds is 5. The highest BCUT2D eigenvalue weighted by Crippen LogP contribution is 2.37. The zero-order chi connectivity index (χ0) is 19.0. The predicted molar refractivity (Wildman–Crippen MR) is 95.8 cm³/mol. The highest BCUT2D eigenvalue weighted by atomic mass is 35.5. The number of nitrogen functional groups attached to an aromatic ring is 1. The summed E-state index contributed by atoms with van der Waals surface area (Å²) in [6.07, 6.45) is 1.45. The number of carbonyl (C=O) groups excluding carboxylic acids is 2. The van der Waals surface area contributed by atoms with Gasteiger partial charge in [0.05, 0.1) is 0 Å². The van der Waals surface area contributed by atoms with Gasteiger partial charge in [0.2, 0.25) is 0 Å². The molecular formula is C13H12ClN5O5S2. The van der Waals surface area contributed by atoms with E-state index in [9.17, 15) is 14.4 Å². The smallest absolute Gasteiger partial charge is 0.352 e. The van der Waals surface area contributed by atoms with E-state index in [4.69, 9.17) is 22.4 Å². The van der Waals surface area contributed by atoms with Crippen LogP contribution in [0.1, 0.15) is 5.69 Å². The zero-order valence-electron chi connectivity index (χ0n) is 13.1. The molecule has 1 fully saturated rings. The van der Waals surface area contributed by atoms with Gasteiger partial charge in [-0.3, -0.25) is 14.5 Å². The van der Waals surface area contributed by atoms with Gasteiger partial charge in [0, 0.05) is 5.75 Å². The number of carboxylic acid groups (broad SMARTS) is 1. The van der Waals surface area contributed by atoms with Crippen LogP contribution >= 0.6 is 34.7 Å². The number of fused-ring (bicyclic) bond motifs is 1. The molecule has 1 saturated heterocycles. The molecule has 2 amide bonds. The lowest BCUT2D eigenvalue weighted by Crippen LogP contribution is -2.70. The van der Waals surface area contributed by atoms with Crippen molar-refractivity contribution in [2.75, 3.05) is 18.6 Å². The first-order chi connectivity index (χ1) is 12.3. The first-order valence-electron chi connectivity index (χ1n) is 7.07. The Morgan fingerprint density at radius 2 is 2.31 bits per heavy atom. The fourth-order valence-electron chi connectivity index (χ4n) is 2.49. The first-order valence-corrected chi connectivity index (χ1v) is 9.31. The van der Waals surface area contributed by atoms with Gasteiger partial charge >= 0.3 is 5.97 Å². The fraction of sp³-hybridized carbons (Fsp3) is 0.308. The Balaban J connectivity index is 1.79. The number of halogens is 1. The van der Waals surface area contributed by atoms with Crippen molar-refractivity contribution in [1.29, 1.82) is 0 Å². The summed E-state index contributed by atoms with van der Waals surface area (Å²) in [5.41, 5.74) is 5.29. The van der Waals surface area contributed by atoms with E-state index in [1.807, 2.05) is 0 Å². The molecule has 0 spiro atoms. The maximum absolute atomic E-state index is 12.6. The first kappa shape index (κ1) is 18.5. The summed E-state index contributed by atoms with van der Waals surface area (Å²) in [4.78, 5) is 45.8. The Bertz CT molecular complexity index is 854. The SMILES string of the molecule is CO/N=C(\C(=O)N[C@@H]1C(=O)N2C(C(=O)O)=CCS[C@H]12)c1nc(N)sc1Cl. The number of nitrogens with two attached hydrogens (primary N) is 1. The maximum Gasteiger partial charge on any atom is 0.352 e. The molecule has 10 nitrogen and oxygen atoms in total. The molecule has 0 saturated carbocycles. The molecule has 0 bridgehead atoms. The third kappa shape index (κ3) is 3.10. The number of carboxylic acids is 1.